The Hall–Kier alpha value is -2.55. The van der Waals surface area contributed by atoms with Crippen molar-refractivity contribution in [2.24, 2.45) is 4.99 Å². The zero-order valence-corrected chi connectivity index (χ0v) is 14.1. The molecule has 2 aromatic heterocycles. The number of aliphatic imine (C=N–C) groups is 1. The zero-order valence-electron chi connectivity index (χ0n) is 13.3. The molecular weight excluding hydrogens is 351 g/mol. The van der Waals surface area contributed by atoms with Crippen molar-refractivity contribution in [3.8, 4) is 0 Å². The number of guanidine groups is 1. The van der Waals surface area contributed by atoms with Crippen molar-refractivity contribution >= 4 is 28.2 Å². The van der Waals surface area contributed by atoms with Gasteiger partial charge >= 0.3 is 6.18 Å². The number of hydrogen-bond donors (Lipinski definition) is 3. The number of rotatable bonds is 4. The average molecular weight is 367 g/mol. The van der Waals surface area contributed by atoms with Crippen LogP contribution in [0.15, 0.2) is 40.7 Å². The molecular formula is C16H16F3N5S. The second kappa shape index (κ2) is 7.14. The van der Waals surface area contributed by atoms with E-state index in [4.69, 9.17) is 0 Å². The monoisotopic (exact) mass is 367 g/mol. The Morgan fingerprint density at radius 1 is 1.24 bits per heavy atom. The lowest BCUT2D eigenvalue weighted by atomic mass is 10.2. The predicted molar refractivity (Wildman–Crippen MR) is 92.5 cm³/mol. The summed E-state index contributed by atoms with van der Waals surface area (Å²) < 4.78 is 37.6. The summed E-state index contributed by atoms with van der Waals surface area (Å²) in [6, 6.07) is 9.97. The first-order chi connectivity index (χ1) is 12.0. The molecule has 5 nitrogen and oxygen atoms in total. The maximum Gasteiger partial charge on any atom is 0.434 e. The number of fused-ring (bicyclic) bond motifs is 1. The molecule has 0 amide bonds. The molecule has 2 heterocycles. The van der Waals surface area contributed by atoms with Gasteiger partial charge in [-0.2, -0.15) is 13.2 Å². The molecule has 0 saturated heterocycles. The lowest BCUT2D eigenvalue weighted by molar-refractivity contribution is -0.140. The van der Waals surface area contributed by atoms with Crippen LogP contribution in [0.1, 0.15) is 16.4 Å². The SMILES string of the molecule is CN=C(NCc1cc2ccccc2[nH]1)NCc1nc(C(F)(F)F)cs1. The fourth-order valence-electron chi connectivity index (χ4n) is 2.31. The molecule has 25 heavy (non-hydrogen) atoms. The number of aromatic nitrogens is 2. The molecule has 0 bridgehead atoms. The van der Waals surface area contributed by atoms with Gasteiger partial charge < -0.3 is 15.6 Å². The molecule has 0 radical (unpaired) electrons. The summed E-state index contributed by atoms with van der Waals surface area (Å²) in [5.41, 5.74) is 1.16. The van der Waals surface area contributed by atoms with Gasteiger partial charge in [0.1, 0.15) is 5.01 Å². The van der Waals surface area contributed by atoms with Crippen molar-refractivity contribution in [1.82, 2.24) is 20.6 Å². The molecule has 3 aromatic rings. The molecule has 9 heteroatoms. The van der Waals surface area contributed by atoms with Crippen molar-refractivity contribution in [2.45, 2.75) is 19.3 Å². The molecule has 132 valence electrons. The molecule has 0 unspecified atom stereocenters. The third kappa shape index (κ3) is 4.30. The Balaban J connectivity index is 1.55. The number of benzene rings is 1. The van der Waals surface area contributed by atoms with E-state index in [-0.39, 0.29) is 6.54 Å². The van der Waals surface area contributed by atoms with Crippen molar-refractivity contribution in [2.75, 3.05) is 7.05 Å². The van der Waals surface area contributed by atoms with Crippen molar-refractivity contribution < 1.29 is 13.2 Å². The molecule has 0 fully saturated rings. The van der Waals surface area contributed by atoms with Crippen LogP contribution >= 0.6 is 11.3 Å². The maximum absolute atomic E-state index is 12.5. The number of para-hydroxylation sites is 1. The number of thiazole rings is 1. The van der Waals surface area contributed by atoms with E-state index in [0.29, 0.717) is 17.5 Å². The highest BCUT2D eigenvalue weighted by Gasteiger charge is 2.33. The number of halogens is 3. The second-order valence-electron chi connectivity index (χ2n) is 5.29. The Bertz CT molecular complexity index is 848. The van der Waals surface area contributed by atoms with Crippen molar-refractivity contribution in [3.63, 3.8) is 0 Å². The van der Waals surface area contributed by atoms with Gasteiger partial charge in [0.2, 0.25) is 0 Å². The first-order valence-corrected chi connectivity index (χ1v) is 8.36. The van der Waals surface area contributed by atoms with E-state index in [2.05, 4.69) is 25.6 Å². The van der Waals surface area contributed by atoms with Gasteiger partial charge in [0, 0.05) is 23.6 Å². The third-order valence-electron chi connectivity index (χ3n) is 3.50. The fourth-order valence-corrected chi connectivity index (χ4v) is 3.05. The van der Waals surface area contributed by atoms with E-state index < -0.39 is 11.9 Å². The molecule has 0 spiro atoms. The summed E-state index contributed by atoms with van der Waals surface area (Å²) in [4.78, 5) is 10.9. The molecule has 0 aliphatic rings. The third-order valence-corrected chi connectivity index (χ3v) is 4.35. The van der Waals surface area contributed by atoms with Crippen LogP contribution < -0.4 is 10.6 Å². The highest BCUT2D eigenvalue weighted by Crippen LogP contribution is 2.29. The van der Waals surface area contributed by atoms with Gasteiger partial charge in [-0.05, 0) is 17.5 Å². The summed E-state index contributed by atoms with van der Waals surface area (Å²) in [7, 11) is 1.60. The van der Waals surface area contributed by atoms with E-state index in [1.54, 1.807) is 7.05 Å². The van der Waals surface area contributed by atoms with Crippen LogP contribution in [0.5, 0.6) is 0 Å². The fraction of sp³-hybridized carbons (Fsp3) is 0.250. The number of alkyl halides is 3. The lowest BCUT2D eigenvalue weighted by Gasteiger charge is -2.10. The first-order valence-electron chi connectivity index (χ1n) is 7.48. The molecule has 0 aliphatic heterocycles. The van der Waals surface area contributed by atoms with Crippen LogP contribution in [0.3, 0.4) is 0 Å². The van der Waals surface area contributed by atoms with Gasteiger partial charge in [-0.1, -0.05) is 18.2 Å². The van der Waals surface area contributed by atoms with Crippen LogP contribution in [0.2, 0.25) is 0 Å². The topological polar surface area (TPSA) is 65.1 Å². The predicted octanol–water partition coefficient (Wildman–Crippen LogP) is 3.51. The molecule has 0 saturated carbocycles. The Morgan fingerprint density at radius 2 is 2.00 bits per heavy atom. The smallest absolute Gasteiger partial charge is 0.357 e. The van der Waals surface area contributed by atoms with Crippen molar-refractivity contribution in [3.05, 3.63) is 52.1 Å². The van der Waals surface area contributed by atoms with E-state index in [9.17, 15) is 13.2 Å². The van der Waals surface area contributed by atoms with Gasteiger partial charge in [-0.15, -0.1) is 11.3 Å². The van der Waals surface area contributed by atoms with Gasteiger partial charge in [0.15, 0.2) is 11.7 Å². The summed E-state index contributed by atoms with van der Waals surface area (Å²) in [6.07, 6.45) is -4.41. The van der Waals surface area contributed by atoms with E-state index >= 15 is 0 Å². The van der Waals surface area contributed by atoms with Gasteiger partial charge in [0.05, 0.1) is 13.1 Å². The van der Waals surface area contributed by atoms with Crippen molar-refractivity contribution in [1.29, 1.82) is 0 Å². The molecule has 3 rings (SSSR count). The average Bonchev–Trinajstić information content (AvgIpc) is 3.21. The zero-order chi connectivity index (χ0) is 17.9. The minimum Gasteiger partial charge on any atom is -0.357 e. The quantitative estimate of drug-likeness (QED) is 0.488. The van der Waals surface area contributed by atoms with Gasteiger partial charge in [-0.3, -0.25) is 4.99 Å². The number of H-pyrrole nitrogens is 1. The number of nitrogens with zero attached hydrogens (tertiary/aromatic N) is 2. The second-order valence-corrected chi connectivity index (χ2v) is 6.23. The molecule has 3 N–H and O–H groups in total. The van der Waals surface area contributed by atoms with Crippen LogP contribution in [-0.4, -0.2) is 23.0 Å². The Morgan fingerprint density at radius 3 is 2.68 bits per heavy atom. The highest BCUT2D eigenvalue weighted by molar-refractivity contribution is 7.09. The normalized spacial score (nSPS) is 12.6. The number of nitrogens with one attached hydrogen (secondary N) is 3. The van der Waals surface area contributed by atoms with E-state index in [1.807, 2.05) is 30.3 Å². The van der Waals surface area contributed by atoms with Crippen LogP contribution in [0.4, 0.5) is 13.2 Å². The molecule has 0 atom stereocenters. The Kier molecular flexibility index (Phi) is 4.93. The Labute approximate surface area is 146 Å². The van der Waals surface area contributed by atoms with Gasteiger partial charge in [0.25, 0.3) is 0 Å². The van der Waals surface area contributed by atoms with Crippen LogP contribution in [0.25, 0.3) is 10.9 Å². The van der Waals surface area contributed by atoms with E-state index in [1.165, 1.54) is 0 Å². The minimum absolute atomic E-state index is 0.174. The summed E-state index contributed by atoms with van der Waals surface area (Å²) >= 11 is 0.964. The van der Waals surface area contributed by atoms with E-state index in [0.717, 1.165) is 33.3 Å². The van der Waals surface area contributed by atoms with Crippen LogP contribution in [0, 0.1) is 0 Å². The summed E-state index contributed by atoms with van der Waals surface area (Å²) in [5.74, 6) is 0.488. The van der Waals surface area contributed by atoms with Crippen LogP contribution in [-0.2, 0) is 19.3 Å². The first kappa shape index (κ1) is 17.3. The standard InChI is InChI=1S/C16H16F3N5S/c1-20-15(22-8-14-24-13(9-25-14)16(17,18)19)21-7-11-6-10-4-2-3-5-12(10)23-11/h2-6,9,23H,7-8H2,1H3,(H2,20,21,22). The minimum atomic E-state index is -4.41. The largest absolute Gasteiger partial charge is 0.434 e. The summed E-state index contributed by atoms with van der Waals surface area (Å²) in [6.45, 7) is 0.688. The lowest BCUT2D eigenvalue weighted by Crippen LogP contribution is -2.36. The number of hydrogen-bond acceptors (Lipinski definition) is 3. The summed E-state index contributed by atoms with van der Waals surface area (Å²) in [5, 5.41) is 8.55. The number of aromatic amines is 1. The molecule has 1 aromatic carbocycles. The maximum atomic E-state index is 12.5. The van der Waals surface area contributed by atoms with Gasteiger partial charge in [-0.25, -0.2) is 4.98 Å². The highest BCUT2D eigenvalue weighted by atomic mass is 32.1. The molecule has 0 aliphatic carbocycles.